The molecule has 0 unspecified atom stereocenters. The number of thiazole rings is 1. The Morgan fingerprint density at radius 2 is 1.81 bits per heavy atom. The van der Waals surface area contributed by atoms with Crippen LogP contribution < -0.4 is 10.2 Å². The second-order valence-corrected chi connectivity index (χ2v) is 8.35. The third-order valence-electron chi connectivity index (χ3n) is 5.33. The predicted octanol–water partition coefficient (Wildman–Crippen LogP) is 4.59. The first-order chi connectivity index (χ1) is 15.7. The van der Waals surface area contributed by atoms with Crippen LogP contribution in [0.5, 0.6) is 0 Å². The van der Waals surface area contributed by atoms with E-state index in [2.05, 4.69) is 21.4 Å². The topological polar surface area (TPSA) is 75.2 Å². The van der Waals surface area contributed by atoms with Crippen LogP contribution in [0.3, 0.4) is 0 Å². The van der Waals surface area contributed by atoms with Crippen LogP contribution in [0.25, 0.3) is 10.7 Å². The standard InChI is InChI=1S/C25H20N4O2S/c30-23(15-20-16-32-24(28-20)21-6-3-4-13-26-21)27-19-10-8-18(9-11-19)25(31)29-14-12-17-5-1-2-7-22(17)29/h1-11,13,16H,12,14-15H2,(H,27,30). The summed E-state index contributed by atoms with van der Waals surface area (Å²) in [5, 5.41) is 5.54. The SMILES string of the molecule is O=C(Cc1csc(-c2ccccn2)n1)Nc1ccc(C(=O)N2CCc3ccccc32)cc1. The molecule has 0 bridgehead atoms. The number of hydrogen-bond donors (Lipinski definition) is 1. The summed E-state index contributed by atoms with van der Waals surface area (Å²) >= 11 is 1.47. The molecule has 2 aromatic heterocycles. The van der Waals surface area contributed by atoms with Crippen molar-refractivity contribution >= 4 is 34.5 Å². The number of rotatable bonds is 5. The van der Waals surface area contributed by atoms with Gasteiger partial charge in [-0.25, -0.2) is 4.98 Å². The van der Waals surface area contributed by atoms with Gasteiger partial charge in [-0.1, -0.05) is 24.3 Å². The minimum atomic E-state index is -0.157. The predicted molar refractivity (Wildman–Crippen MR) is 126 cm³/mol. The molecule has 6 nitrogen and oxygen atoms in total. The number of nitrogens with one attached hydrogen (secondary N) is 1. The molecule has 3 heterocycles. The fourth-order valence-corrected chi connectivity index (χ4v) is 4.56. The molecule has 0 saturated carbocycles. The molecule has 0 saturated heterocycles. The van der Waals surface area contributed by atoms with Crippen molar-refractivity contribution in [2.75, 3.05) is 16.8 Å². The zero-order valence-electron chi connectivity index (χ0n) is 17.2. The third-order valence-corrected chi connectivity index (χ3v) is 6.24. The van der Waals surface area contributed by atoms with Gasteiger partial charge in [0.15, 0.2) is 0 Å². The number of carbonyl (C=O) groups is 2. The van der Waals surface area contributed by atoms with Gasteiger partial charge < -0.3 is 10.2 Å². The molecule has 4 aromatic rings. The van der Waals surface area contributed by atoms with E-state index in [9.17, 15) is 9.59 Å². The minimum Gasteiger partial charge on any atom is -0.326 e. The molecule has 1 aliphatic heterocycles. The first kappa shape index (κ1) is 20.1. The molecule has 5 rings (SSSR count). The summed E-state index contributed by atoms with van der Waals surface area (Å²) < 4.78 is 0. The smallest absolute Gasteiger partial charge is 0.258 e. The van der Waals surface area contributed by atoms with E-state index in [-0.39, 0.29) is 18.2 Å². The van der Waals surface area contributed by atoms with E-state index in [1.54, 1.807) is 30.5 Å². The quantitative estimate of drug-likeness (QED) is 0.493. The Bertz CT molecular complexity index is 1270. The first-order valence-corrected chi connectivity index (χ1v) is 11.2. The number of nitrogens with zero attached hydrogens (tertiary/aromatic N) is 3. The fourth-order valence-electron chi connectivity index (χ4n) is 3.77. The van der Waals surface area contributed by atoms with E-state index in [1.165, 1.54) is 16.9 Å². The highest BCUT2D eigenvalue weighted by molar-refractivity contribution is 7.13. The molecule has 0 spiro atoms. The zero-order chi connectivity index (χ0) is 21.9. The van der Waals surface area contributed by atoms with Gasteiger partial charge in [-0.2, -0.15) is 0 Å². The molecule has 7 heteroatoms. The van der Waals surface area contributed by atoms with E-state index in [1.807, 2.05) is 46.7 Å². The lowest BCUT2D eigenvalue weighted by Crippen LogP contribution is -2.28. The molecule has 158 valence electrons. The Balaban J connectivity index is 1.21. The molecular formula is C25H20N4O2S. The molecule has 1 N–H and O–H groups in total. The molecule has 0 fully saturated rings. The van der Waals surface area contributed by atoms with E-state index < -0.39 is 0 Å². The number of anilines is 2. The monoisotopic (exact) mass is 440 g/mol. The number of benzene rings is 2. The van der Waals surface area contributed by atoms with E-state index >= 15 is 0 Å². The van der Waals surface area contributed by atoms with Gasteiger partial charge in [0.25, 0.3) is 5.91 Å². The summed E-state index contributed by atoms with van der Waals surface area (Å²) in [7, 11) is 0. The summed E-state index contributed by atoms with van der Waals surface area (Å²) in [6.45, 7) is 0.685. The maximum Gasteiger partial charge on any atom is 0.258 e. The van der Waals surface area contributed by atoms with Crippen LogP contribution in [0, 0.1) is 0 Å². The average Bonchev–Trinajstić information content (AvgIpc) is 3.47. The van der Waals surface area contributed by atoms with Crippen molar-refractivity contribution in [2.24, 2.45) is 0 Å². The molecule has 2 aromatic carbocycles. The zero-order valence-corrected chi connectivity index (χ0v) is 18.0. The second kappa shape index (κ2) is 8.72. The van der Waals surface area contributed by atoms with Gasteiger partial charge in [0.1, 0.15) is 5.01 Å². The van der Waals surface area contributed by atoms with Crippen LogP contribution in [0.2, 0.25) is 0 Å². The van der Waals surface area contributed by atoms with Crippen LogP contribution in [0.1, 0.15) is 21.6 Å². The number of hydrogen-bond acceptors (Lipinski definition) is 5. The van der Waals surface area contributed by atoms with Crippen molar-refractivity contribution in [3.8, 4) is 10.7 Å². The van der Waals surface area contributed by atoms with Crippen molar-refractivity contribution < 1.29 is 9.59 Å². The Hall–Kier alpha value is -3.84. The van der Waals surface area contributed by atoms with Gasteiger partial charge in [0, 0.05) is 35.1 Å². The highest BCUT2D eigenvalue weighted by Crippen LogP contribution is 2.29. The third kappa shape index (κ3) is 4.15. The van der Waals surface area contributed by atoms with E-state index in [0.29, 0.717) is 23.5 Å². The van der Waals surface area contributed by atoms with Crippen LogP contribution in [0.15, 0.2) is 78.3 Å². The van der Waals surface area contributed by atoms with Crippen LogP contribution in [-0.2, 0) is 17.6 Å². The Labute approximate surface area is 189 Å². The van der Waals surface area contributed by atoms with Gasteiger partial charge >= 0.3 is 0 Å². The van der Waals surface area contributed by atoms with Gasteiger partial charge in [-0.05, 0) is 54.4 Å². The highest BCUT2D eigenvalue weighted by Gasteiger charge is 2.25. The fraction of sp³-hybridized carbons (Fsp3) is 0.120. The van der Waals surface area contributed by atoms with Crippen LogP contribution in [0.4, 0.5) is 11.4 Å². The molecule has 0 atom stereocenters. The van der Waals surface area contributed by atoms with Crippen LogP contribution in [-0.4, -0.2) is 28.3 Å². The Morgan fingerprint density at radius 1 is 1.00 bits per heavy atom. The summed E-state index contributed by atoms with van der Waals surface area (Å²) in [4.78, 5) is 36.0. The number of para-hydroxylation sites is 1. The molecule has 1 aliphatic rings. The number of fused-ring (bicyclic) bond motifs is 1. The molecule has 0 radical (unpaired) electrons. The molecule has 32 heavy (non-hydrogen) atoms. The normalized spacial score (nSPS) is 12.4. The van der Waals surface area contributed by atoms with Gasteiger partial charge in [-0.15, -0.1) is 11.3 Å². The molecular weight excluding hydrogens is 420 g/mol. The van der Waals surface area contributed by atoms with E-state index in [0.717, 1.165) is 22.8 Å². The summed E-state index contributed by atoms with van der Waals surface area (Å²) in [5.41, 5.74) is 4.91. The number of aromatic nitrogens is 2. The lowest BCUT2D eigenvalue weighted by molar-refractivity contribution is -0.115. The lowest BCUT2D eigenvalue weighted by Gasteiger charge is -2.17. The Morgan fingerprint density at radius 3 is 2.62 bits per heavy atom. The largest absolute Gasteiger partial charge is 0.326 e. The van der Waals surface area contributed by atoms with Crippen molar-refractivity contribution in [3.05, 3.63) is 95.1 Å². The van der Waals surface area contributed by atoms with Gasteiger partial charge in [-0.3, -0.25) is 14.6 Å². The van der Waals surface area contributed by atoms with Crippen molar-refractivity contribution in [2.45, 2.75) is 12.8 Å². The number of pyridine rings is 1. The van der Waals surface area contributed by atoms with Crippen molar-refractivity contribution in [1.29, 1.82) is 0 Å². The Kier molecular flexibility index (Phi) is 5.47. The minimum absolute atomic E-state index is 0.0302. The van der Waals surface area contributed by atoms with Gasteiger partial charge in [0.2, 0.25) is 5.91 Å². The maximum atomic E-state index is 12.9. The first-order valence-electron chi connectivity index (χ1n) is 10.3. The second-order valence-electron chi connectivity index (χ2n) is 7.50. The van der Waals surface area contributed by atoms with Crippen molar-refractivity contribution in [1.82, 2.24) is 9.97 Å². The number of carbonyl (C=O) groups excluding carboxylic acids is 2. The number of amides is 2. The van der Waals surface area contributed by atoms with Crippen LogP contribution >= 0.6 is 11.3 Å². The maximum absolute atomic E-state index is 12.9. The summed E-state index contributed by atoms with van der Waals surface area (Å²) in [6, 6.07) is 20.7. The lowest BCUT2D eigenvalue weighted by atomic mass is 10.1. The molecule has 0 aliphatic carbocycles. The van der Waals surface area contributed by atoms with Crippen molar-refractivity contribution in [3.63, 3.8) is 0 Å². The average molecular weight is 441 g/mol. The van der Waals surface area contributed by atoms with Gasteiger partial charge in [0.05, 0.1) is 17.8 Å². The summed E-state index contributed by atoms with van der Waals surface area (Å²) in [6.07, 6.45) is 2.77. The van der Waals surface area contributed by atoms with E-state index in [4.69, 9.17) is 0 Å². The molecule has 2 amide bonds. The highest BCUT2D eigenvalue weighted by atomic mass is 32.1. The summed E-state index contributed by atoms with van der Waals surface area (Å²) in [5.74, 6) is -0.187.